The molecule has 0 aromatic heterocycles. The van der Waals surface area contributed by atoms with Gasteiger partial charge in [0.2, 0.25) is 0 Å². The Morgan fingerprint density at radius 3 is 2.16 bits per heavy atom. The van der Waals surface area contributed by atoms with Crippen molar-refractivity contribution in [3.63, 3.8) is 0 Å². The maximum atomic E-state index is 12.0. The molecule has 0 aliphatic carbocycles. The van der Waals surface area contributed by atoms with Crippen molar-refractivity contribution in [3.8, 4) is 23.3 Å². The van der Waals surface area contributed by atoms with Crippen LogP contribution in [0.2, 0.25) is 0 Å². The Bertz CT molecular complexity index is 733. The van der Waals surface area contributed by atoms with Crippen LogP contribution in [-0.4, -0.2) is 30.5 Å². The molecule has 0 saturated heterocycles. The van der Waals surface area contributed by atoms with Crippen molar-refractivity contribution < 1.29 is 14.3 Å². The molecule has 0 bridgehead atoms. The summed E-state index contributed by atoms with van der Waals surface area (Å²) in [6.07, 6.45) is 0.299. The molecule has 1 atom stereocenters. The van der Waals surface area contributed by atoms with E-state index in [4.69, 9.17) is 14.7 Å². The molecule has 0 spiro atoms. The van der Waals surface area contributed by atoms with E-state index in [-0.39, 0.29) is 18.6 Å². The maximum absolute atomic E-state index is 12.0. The van der Waals surface area contributed by atoms with Crippen LogP contribution in [0, 0.1) is 18.3 Å². The summed E-state index contributed by atoms with van der Waals surface area (Å²) in [6.45, 7) is 3.79. The van der Waals surface area contributed by atoms with Crippen molar-refractivity contribution in [2.45, 2.75) is 26.3 Å². The van der Waals surface area contributed by atoms with Gasteiger partial charge in [-0.3, -0.25) is 4.79 Å². The van der Waals surface area contributed by atoms with E-state index in [1.807, 2.05) is 38.1 Å². The predicted molar refractivity (Wildman–Crippen MR) is 95.7 cm³/mol. The van der Waals surface area contributed by atoms with Gasteiger partial charge in [0.15, 0.2) is 6.61 Å². The molecule has 0 saturated carbocycles. The molecule has 0 radical (unpaired) electrons. The second-order valence-electron chi connectivity index (χ2n) is 5.89. The van der Waals surface area contributed by atoms with Gasteiger partial charge in [-0.25, -0.2) is 0 Å². The summed E-state index contributed by atoms with van der Waals surface area (Å²) >= 11 is 0. The van der Waals surface area contributed by atoms with Gasteiger partial charge in [-0.1, -0.05) is 17.7 Å². The van der Waals surface area contributed by atoms with Crippen molar-refractivity contribution in [2.75, 3.05) is 13.7 Å². The first kappa shape index (κ1) is 18.3. The summed E-state index contributed by atoms with van der Waals surface area (Å²) in [5, 5.41) is 8.69. The fourth-order valence-corrected chi connectivity index (χ4v) is 2.11. The zero-order valence-corrected chi connectivity index (χ0v) is 14.7. The smallest absolute Gasteiger partial charge is 0.260 e. The number of hydrogen-bond acceptors (Lipinski definition) is 4. The zero-order valence-electron chi connectivity index (χ0n) is 14.7. The molecule has 1 amide bonds. The molecule has 5 heteroatoms. The third-order valence-corrected chi connectivity index (χ3v) is 3.88. The number of benzene rings is 2. The average Bonchev–Trinajstić information content (AvgIpc) is 2.62. The van der Waals surface area contributed by atoms with Crippen LogP contribution in [0.3, 0.4) is 0 Å². The standard InChI is InChI=1S/C20H22N2O3/c1-15-4-6-18(7-5-15)25-19-10-8-17(9-11-19)24-14-20(23)22(3)16(2)12-13-21/h4-11,16H,12,14H2,1-3H3. The van der Waals surface area contributed by atoms with Crippen LogP contribution in [-0.2, 0) is 4.79 Å². The van der Waals surface area contributed by atoms with Crippen LogP contribution in [0.1, 0.15) is 18.9 Å². The highest BCUT2D eigenvalue weighted by Gasteiger charge is 2.15. The molecule has 2 rings (SSSR count). The van der Waals surface area contributed by atoms with E-state index in [1.165, 1.54) is 10.5 Å². The van der Waals surface area contributed by atoms with Crippen molar-refractivity contribution in [3.05, 3.63) is 54.1 Å². The molecular formula is C20H22N2O3. The lowest BCUT2D eigenvalue weighted by Gasteiger charge is -2.22. The van der Waals surface area contributed by atoms with Crippen LogP contribution in [0.25, 0.3) is 0 Å². The average molecular weight is 338 g/mol. The fourth-order valence-electron chi connectivity index (χ4n) is 2.11. The predicted octanol–water partition coefficient (Wildman–Crippen LogP) is 3.93. The third kappa shape index (κ3) is 5.54. The summed E-state index contributed by atoms with van der Waals surface area (Å²) in [6, 6.07) is 16.8. The van der Waals surface area contributed by atoms with E-state index in [1.54, 1.807) is 31.3 Å². The second kappa shape index (κ2) is 8.74. The molecule has 1 unspecified atom stereocenters. The highest BCUT2D eigenvalue weighted by molar-refractivity contribution is 5.77. The molecule has 2 aromatic rings. The second-order valence-corrected chi connectivity index (χ2v) is 5.89. The molecule has 0 heterocycles. The molecule has 0 aliphatic heterocycles. The minimum absolute atomic E-state index is 0.0650. The van der Waals surface area contributed by atoms with Gasteiger partial charge in [-0.15, -0.1) is 0 Å². The maximum Gasteiger partial charge on any atom is 0.260 e. The van der Waals surface area contributed by atoms with Crippen LogP contribution >= 0.6 is 0 Å². The van der Waals surface area contributed by atoms with Gasteiger partial charge in [0.25, 0.3) is 5.91 Å². The lowest BCUT2D eigenvalue weighted by atomic mass is 10.2. The van der Waals surface area contributed by atoms with Crippen LogP contribution in [0.4, 0.5) is 0 Å². The number of ether oxygens (including phenoxy) is 2. The molecule has 0 fully saturated rings. The van der Waals surface area contributed by atoms with E-state index < -0.39 is 0 Å². The number of nitriles is 1. The highest BCUT2D eigenvalue weighted by atomic mass is 16.5. The number of rotatable bonds is 7. The number of carbonyl (C=O) groups is 1. The molecule has 0 aliphatic rings. The Labute approximate surface area is 148 Å². The van der Waals surface area contributed by atoms with Crippen LogP contribution < -0.4 is 9.47 Å². The van der Waals surface area contributed by atoms with Crippen molar-refractivity contribution in [1.29, 1.82) is 5.26 Å². The van der Waals surface area contributed by atoms with E-state index >= 15 is 0 Å². The topological polar surface area (TPSA) is 62.6 Å². The molecule has 2 aromatic carbocycles. The van der Waals surface area contributed by atoms with Gasteiger partial charge in [-0.05, 0) is 50.2 Å². The summed E-state index contributed by atoms with van der Waals surface area (Å²) in [7, 11) is 1.67. The minimum Gasteiger partial charge on any atom is -0.484 e. The Morgan fingerprint density at radius 1 is 1.08 bits per heavy atom. The summed E-state index contributed by atoms with van der Waals surface area (Å²) < 4.78 is 11.3. The van der Waals surface area contributed by atoms with Gasteiger partial charge >= 0.3 is 0 Å². The molecule has 130 valence electrons. The number of aryl methyl sites for hydroxylation is 1. The molecule has 25 heavy (non-hydrogen) atoms. The van der Waals surface area contributed by atoms with E-state index in [2.05, 4.69) is 6.07 Å². The Kier molecular flexibility index (Phi) is 6.41. The van der Waals surface area contributed by atoms with Gasteiger partial charge in [0.05, 0.1) is 12.5 Å². The quantitative estimate of drug-likeness (QED) is 0.767. The lowest BCUT2D eigenvalue weighted by molar-refractivity contribution is -0.133. The van der Waals surface area contributed by atoms with Crippen molar-refractivity contribution >= 4 is 5.91 Å². The Balaban J connectivity index is 1.87. The summed E-state index contributed by atoms with van der Waals surface area (Å²) in [4.78, 5) is 13.6. The molecule has 5 nitrogen and oxygen atoms in total. The van der Waals surface area contributed by atoms with Gasteiger partial charge in [-0.2, -0.15) is 5.26 Å². The number of carbonyl (C=O) groups excluding carboxylic acids is 1. The first-order chi connectivity index (χ1) is 12.0. The van der Waals surface area contributed by atoms with Crippen LogP contribution in [0.15, 0.2) is 48.5 Å². The van der Waals surface area contributed by atoms with E-state index in [0.717, 1.165) is 5.75 Å². The zero-order chi connectivity index (χ0) is 18.2. The summed E-state index contributed by atoms with van der Waals surface area (Å²) in [5.74, 6) is 1.89. The minimum atomic E-state index is -0.164. The number of nitrogens with zero attached hydrogens (tertiary/aromatic N) is 2. The largest absolute Gasteiger partial charge is 0.484 e. The molecular weight excluding hydrogens is 316 g/mol. The van der Waals surface area contributed by atoms with Crippen molar-refractivity contribution in [2.24, 2.45) is 0 Å². The summed E-state index contributed by atoms with van der Waals surface area (Å²) in [5.41, 5.74) is 1.18. The highest BCUT2D eigenvalue weighted by Crippen LogP contribution is 2.24. The number of hydrogen-bond donors (Lipinski definition) is 0. The monoisotopic (exact) mass is 338 g/mol. The van der Waals surface area contributed by atoms with Crippen molar-refractivity contribution in [1.82, 2.24) is 4.90 Å². The lowest BCUT2D eigenvalue weighted by Crippen LogP contribution is -2.38. The third-order valence-electron chi connectivity index (χ3n) is 3.88. The normalized spacial score (nSPS) is 11.3. The van der Waals surface area contributed by atoms with E-state index in [9.17, 15) is 4.79 Å². The van der Waals surface area contributed by atoms with Gasteiger partial charge in [0, 0.05) is 13.1 Å². The van der Waals surface area contributed by atoms with Gasteiger partial charge in [0.1, 0.15) is 17.2 Å². The number of likely N-dealkylation sites (N-methyl/N-ethyl adjacent to an activating group) is 1. The van der Waals surface area contributed by atoms with Gasteiger partial charge < -0.3 is 14.4 Å². The molecule has 0 N–H and O–H groups in total. The first-order valence-corrected chi connectivity index (χ1v) is 8.09. The number of amides is 1. The van der Waals surface area contributed by atoms with E-state index in [0.29, 0.717) is 17.9 Å². The fraction of sp³-hybridized carbons (Fsp3) is 0.300. The Hall–Kier alpha value is -3.00. The van der Waals surface area contributed by atoms with Crippen LogP contribution in [0.5, 0.6) is 17.2 Å². The SMILES string of the molecule is Cc1ccc(Oc2ccc(OCC(=O)N(C)C(C)CC#N)cc2)cc1. The first-order valence-electron chi connectivity index (χ1n) is 8.09. The Morgan fingerprint density at radius 2 is 1.60 bits per heavy atom.